The summed E-state index contributed by atoms with van der Waals surface area (Å²) in [5, 5.41) is 28.2. The lowest BCUT2D eigenvalue weighted by Crippen LogP contribution is -2.45. The largest absolute Gasteiger partial charge is 0.395 e. The van der Waals surface area contributed by atoms with Crippen LogP contribution >= 0.6 is 0 Å². The minimum Gasteiger partial charge on any atom is -0.395 e. The van der Waals surface area contributed by atoms with Crippen LogP contribution in [0.5, 0.6) is 0 Å². The average molecular weight is 332 g/mol. The summed E-state index contributed by atoms with van der Waals surface area (Å²) in [4.78, 5) is 0. The molecule has 0 aromatic rings. The summed E-state index contributed by atoms with van der Waals surface area (Å²) in [5.74, 6) is 0. The van der Waals surface area contributed by atoms with Gasteiger partial charge in [0.25, 0.3) is 0 Å². The predicted molar refractivity (Wildman–Crippen MR) is 97.4 cm³/mol. The summed E-state index contributed by atoms with van der Waals surface area (Å²) in [7, 11) is 0. The molecule has 0 aliphatic heterocycles. The van der Waals surface area contributed by atoms with Gasteiger partial charge in [0.2, 0.25) is 0 Å². The lowest BCUT2D eigenvalue weighted by atomic mass is 10.00. The summed E-state index contributed by atoms with van der Waals surface area (Å²) in [6.07, 6.45) is 15.5. The zero-order valence-electron chi connectivity index (χ0n) is 15.3. The minimum absolute atomic E-state index is 0.295. The third-order valence-electron chi connectivity index (χ3n) is 4.65. The van der Waals surface area contributed by atoms with Crippen LogP contribution in [-0.4, -0.2) is 40.2 Å². The number of nitrogens with two attached hydrogens (primary N) is 1. The van der Waals surface area contributed by atoms with Crippen molar-refractivity contribution in [2.45, 2.75) is 115 Å². The Labute approximate surface area is 143 Å². The average Bonchev–Trinajstić information content (AvgIpc) is 2.57. The first-order valence-corrected chi connectivity index (χ1v) is 9.86. The molecule has 4 nitrogen and oxygen atoms in total. The van der Waals surface area contributed by atoms with E-state index in [1.165, 1.54) is 70.6 Å². The van der Waals surface area contributed by atoms with Crippen molar-refractivity contribution >= 4 is 0 Å². The fourth-order valence-electron chi connectivity index (χ4n) is 2.94. The Kier molecular flexibility index (Phi) is 16.6. The van der Waals surface area contributed by atoms with E-state index < -0.39 is 18.2 Å². The molecule has 0 aliphatic rings. The maximum absolute atomic E-state index is 9.76. The van der Waals surface area contributed by atoms with Gasteiger partial charge in [-0.3, -0.25) is 0 Å². The van der Waals surface area contributed by atoms with Gasteiger partial charge >= 0.3 is 0 Å². The molecule has 4 heteroatoms. The van der Waals surface area contributed by atoms with Gasteiger partial charge < -0.3 is 21.1 Å². The fraction of sp³-hybridized carbons (Fsp3) is 1.00. The topological polar surface area (TPSA) is 86.7 Å². The van der Waals surface area contributed by atoms with Crippen molar-refractivity contribution in [2.75, 3.05) is 6.61 Å². The maximum atomic E-state index is 9.76. The first-order chi connectivity index (χ1) is 11.1. The van der Waals surface area contributed by atoms with E-state index in [-0.39, 0.29) is 6.61 Å². The highest BCUT2D eigenvalue weighted by molar-refractivity contribution is 4.77. The second-order valence-corrected chi connectivity index (χ2v) is 6.94. The first kappa shape index (κ1) is 22.8. The Morgan fingerprint density at radius 3 is 1.48 bits per heavy atom. The van der Waals surface area contributed by atoms with Gasteiger partial charge in [-0.2, -0.15) is 0 Å². The number of aliphatic hydroxyl groups is 3. The van der Waals surface area contributed by atoms with Crippen molar-refractivity contribution in [3.63, 3.8) is 0 Å². The summed E-state index contributed by atoms with van der Waals surface area (Å²) in [6.45, 7) is 1.96. The van der Waals surface area contributed by atoms with Crippen LogP contribution in [0.3, 0.4) is 0 Å². The van der Waals surface area contributed by atoms with Gasteiger partial charge in [-0.15, -0.1) is 0 Å². The third kappa shape index (κ3) is 13.9. The third-order valence-corrected chi connectivity index (χ3v) is 4.65. The van der Waals surface area contributed by atoms with Gasteiger partial charge in [0.1, 0.15) is 0 Å². The first-order valence-electron chi connectivity index (χ1n) is 9.86. The molecule has 0 bridgehead atoms. The monoisotopic (exact) mass is 331 g/mol. The van der Waals surface area contributed by atoms with Crippen LogP contribution in [0.15, 0.2) is 0 Å². The number of hydrogen-bond acceptors (Lipinski definition) is 4. The van der Waals surface area contributed by atoms with Crippen LogP contribution in [-0.2, 0) is 0 Å². The predicted octanol–water partition coefficient (Wildman–Crippen LogP) is 3.51. The van der Waals surface area contributed by atoms with Crippen molar-refractivity contribution in [1.29, 1.82) is 0 Å². The Hall–Kier alpha value is -0.160. The van der Waals surface area contributed by atoms with Gasteiger partial charge in [-0.05, 0) is 6.42 Å². The minimum atomic E-state index is -1.02. The van der Waals surface area contributed by atoms with Gasteiger partial charge in [-0.1, -0.05) is 90.4 Å². The number of hydrogen-bond donors (Lipinski definition) is 4. The second kappa shape index (κ2) is 16.7. The smallest absolute Gasteiger partial charge is 0.0971 e. The van der Waals surface area contributed by atoms with Crippen LogP contribution in [0, 0.1) is 0 Å². The van der Waals surface area contributed by atoms with E-state index >= 15 is 0 Å². The van der Waals surface area contributed by atoms with Gasteiger partial charge in [-0.25, -0.2) is 0 Å². The molecule has 5 N–H and O–H groups in total. The molecule has 0 spiro atoms. The highest BCUT2D eigenvalue weighted by Gasteiger charge is 2.22. The molecule has 0 aromatic carbocycles. The van der Waals surface area contributed by atoms with Crippen LogP contribution in [0.1, 0.15) is 96.8 Å². The van der Waals surface area contributed by atoms with E-state index in [2.05, 4.69) is 6.92 Å². The molecule has 23 heavy (non-hydrogen) atoms. The summed E-state index contributed by atoms with van der Waals surface area (Å²) in [5.41, 5.74) is 5.50. The maximum Gasteiger partial charge on any atom is 0.0971 e. The molecular weight excluding hydrogens is 290 g/mol. The van der Waals surface area contributed by atoms with Gasteiger partial charge in [0.05, 0.1) is 24.9 Å². The molecule has 0 heterocycles. The Bertz CT molecular complexity index is 239. The van der Waals surface area contributed by atoms with Crippen LogP contribution in [0.4, 0.5) is 0 Å². The van der Waals surface area contributed by atoms with Crippen molar-refractivity contribution in [2.24, 2.45) is 5.73 Å². The molecule has 0 aliphatic carbocycles. The zero-order valence-corrected chi connectivity index (χ0v) is 15.3. The van der Waals surface area contributed by atoms with Gasteiger partial charge in [0, 0.05) is 0 Å². The SMILES string of the molecule is CCCCCCCCCCCCCCC[C@@H](O)[C@@H](O)[C@@H](N)CO. The van der Waals surface area contributed by atoms with E-state index in [1.807, 2.05) is 0 Å². The van der Waals surface area contributed by atoms with Crippen LogP contribution in [0.25, 0.3) is 0 Å². The zero-order chi connectivity index (χ0) is 17.3. The van der Waals surface area contributed by atoms with Crippen LogP contribution < -0.4 is 5.73 Å². The molecule has 140 valence electrons. The van der Waals surface area contributed by atoms with Crippen molar-refractivity contribution < 1.29 is 15.3 Å². The highest BCUT2D eigenvalue weighted by Crippen LogP contribution is 2.14. The molecule has 0 amide bonds. The van der Waals surface area contributed by atoms with E-state index in [1.54, 1.807) is 0 Å². The molecule has 0 saturated carbocycles. The summed E-state index contributed by atoms with van der Waals surface area (Å²) in [6, 6.07) is -0.744. The fourth-order valence-corrected chi connectivity index (χ4v) is 2.94. The van der Waals surface area contributed by atoms with E-state index in [9.17, 15) is 10.2 Å². The molecule has 0 aromatic heterocycles. The number of aliphatic hydroxyl groups excluding tert-OH is 3. The molecular formula is C19H41NO3. The Balaban J connectivity index is 3.24. The summed E-state index contributed by atoms with van der Waals surface area (Å²) >= 11 is 0. The second-order valence-electron chi connectivity index (χ2n) is 6.94. The highest BCUT2D eigenvalue weighted by atomic mass is 16.3. The standard InChI is InChI=1S/C19H41NO3/c1-2-3-4-5-6-7-8-9-10-11-12-13-14-15-18(22)19(23)17(20)16-21/h17-19,21-23H,2-16,20H2,1H3/t17-,18+,19-/m0/s1. The normalized spacial score (nSPS) is 15.5. The molecule has 0 unspecified atom stereocenters. The molecule has 0 rings (SSSR count). The number of rotatable bonds is 17. The van der Waals surface area contributed by atoms with E-state index in [4.69, 9.17) is 10.8 Å². The number of unbranched alkanes of at least 4 members (excludes halogenated alkanes) is 12. The van der Waals surface area contributed by atoms with Crippen molar-refractivity contribution in [3.8, 4) is 0 Å². The van der Waals surface area contributed by atoms with Gasteiger partial charge in [0.15, 0.2) is 0 Å². The lowest BCUT2D eigenvalue weighted by molar-refractivity contribution is -0.0121. The molecule has 0 saturated heterocycles. The quantitative estimate of drug-likeness (QED) is 0.307. The van der Waals surface area contributed by atoms with E-state index in [0.717, 1.165) is 12.8 Å². The Morgan fingerprint density at radius 1 is 0.696 bits per heavy atom. The van der Waals surface area contributed by atoms with E-state index in [0.29, 0.717) is 6.42 Å². The van der Waals surface area contributed by atoms with Crippen molar-refractivity contribution in [1.82, 2.24) is 0 Å². The Morgan fingerprint density at radius 2 is 1.09 bits per heavy atom. The molecule has 0 fully saturated rings. The van der Waals surface area contributed by atoms with Crippen molar-refractivity contribution in [3.05, 3.63) is 0 Å². The van der Waals surface area contributed by atoms with Crippen LogP contribution in [0.2, 0.25) is 0 Å². The molecule has 3 atom stereocenters. The lowest BCUT2D eigenvalue weighted by Gasteiger charge is -2.22. The molecule has 0 radical (unpaired) electrons. The summed E-state index contributed by atoms with van der Waals surface area (Å²) < 4.78 is 0.